The Balaban J connectivity index is 1.69. The van der Waals surface area contributed by atoms with Gasteiger partial charge in [-0.1, -0.05) is 60.7 Å². The quantitative estimate of drug-likeness (QED) is 0.497. The number of amides is 1. The molecule has 3 N–H and O–H groups in total. The van der Waals surface area contributed by atoms with E-state index in [2.05, 4.69) is 10.3 Å². The number of anilines is 2. The van der Waals surface area contributed by atoms with Gasteiger partial charge in [-0.15, -0.1) is 0 Å². The number of hydrogen-bond acceptors (Lipinski definition) is 4. The van der Waals surface area contributed by atoms with E-state index in [1.54, 1.807) is 18.3 Å². The van der Waals surface area contributed by atoms with Crippen molar-refractivity contribution in [1.29, 1.82) is 0 Å². The van der Waals surface area contributed by atoms with Crippen LogP contribution in [-0.2, 0) is 6.42 Å². The molecule has 29 heavy (non-hydrogen) atoms. The van der Waals surface area contributed by atoms with E-state index in [9.17, 15) is 4.79 Å². The first-order valence-corrected chi connectivity index (χ1v) is 9.31. The predicted molar refractivity (Wildman–Crippen MR) is 116 cm³/mol. The second kappa shape index (κ2) is 8.35. The maximum absolute atomic E-state index is 12.6. The first-order valence-electron chi connectivity index (χ1n) is 9.31. The van der Waals surface area contributed by atoms with Crippen LogP contribution in [0.4, 0.5) is 11.5 Å². The van der Waals surface area contributed by atoms with E-state index in [0.717, 1.165) is 16.8 Å². The molecule has 0 unspecified atom stereocenters. The van der Waals surface area contributed by atoms with E-state index in [-0.39, 0.29) is 5.91 Å². The summed E-state index contributed by atoms with van der Waals surface area (Å²) in [7, 11) is 0. The lowest BCUT2D eigenvalue weighted by atomic mass is 10.1. The van der Waals surface area contributed by atoms with Crippen molar-refractivity contribution >= 4 is 17.4 Å². The molecule has 5 heteroatoms. The Hall–Kier alpha value is -3.99. The molecule has 0 aliphatic carbocycles. The van der Waals surface area contributed by atoms with Crippen molar-refractivity contribution in [1.82, 2.24) is 9.97 Å². The molecule has 0 saturated carbocycles. The number of nitrogen functional groups attached to an aromatic ring is 1. The molecule has 0 saturated heterocycles. The van der Waals surface area contributed by atoms with Crippen LogP contribution >= 0.6 is 0 Å². The number of nitrogens with two attached hydrogens (primary N) is 1. The largest absolute Gasteiger partial charge is 0.399 e. The van der Waals surface area contributed by atoms with Crippen LogP contribution in [0.2, 0.25) is 0 Å². The van der Waals surface area contributed by atoms with Crippen LogP contribution in [0.25, 0.3) is 11.3 Å². The Morgan fingerprint density at radius 2 is 1.52 bits per heavy atom. The number of carbonyl (C=O) groups excluding carboxylic acids is 1. The highest BCUT2D eigenvalue weighted by atomic mass is 16.1. The van der Waals surface area contributed by atoms with Gasteiger partial charge in [0, 0.05) is 23.2 Å². The lowest BCUT2D eigenvalue weighted by Crippen LogP contribution is -2.15. The molecule has 0 spiro atoms. The highest BCUT2D eigenvalue weighted by Crippen LogP contribution is 2.23. The minimum Gasteiger partial charge on any atom is -0.399 e. The Morgan fingerprint density at radius 3 is 2.21 bits per heavy atom. The molecule has 1 amide bonds. The van der Waals surface area contributed by atoms with Crippen molar-refractivity contribution in [3.63, 3.8) is 0 Å². The zero-order chi connectivity index (χ0) is 20.1. The SMILES string of the molecule is Nc1ccc(-c2cnc(NC(=O)c3ccccc3)c(Cc3ccccc3)n2)cc1. The van der Waals surface area contributed by atoms with Crippen LogP contribution in [0.5, 0.6) is 0 Å². The van der Waals surface area contributed by atoms with Crippen molar-refractivity contribution in [2.45, 2.75) is 6.42 Å². The van der Waals surface area contributed by atoms with Gasteiger partial charge in [0.05, 0.1) is 17.6 Å². The molecule has 1 aromatic heterocycles. The number of benzene rings is 3. The molecule has 0 fully saturated rings. The van der Waals surface area contributed by atoms with Crippen molar-refractivity contribution in [2.24, 2.45) is 0 Å². The van der Waals surface area contributed by atoms with Gasteiger partial charge in [-0.3, -0.25) is 4.79 Å². The lowest BCUT2D eigenvalue weighted by Gasteiger charge is -2.12. The van der Waals surface area contributed by atoms with Crippen LogP contribution in [0.3, 0.4) is 0 Å². The average Bonchev–Trinajstić information content (AvgIpc) is 2.77. The summed E-state index contributed by atoms with van der Waals surface area (Å²) in [6.07, 6.45) is 2.22. The minimum atomic E-state index is -0.213. The summed E-state index contributed by atoms with van der Waals surface area (Å²) < 4.78 is 0. The molecule has 0 aliphatic heterocycles. The van der Waals surface area contributed by atoms with Crippen LogP contribution in [0.1, 0.15) is 21.6 Å². The first-order chi connectivity index (χ1) is 14.2. The van der Waals surface area contributed by atoms with Crippen molar-refractivity contribution < 1.29 is 4.79 Å². The van der Waals surface area contributed by atoms with Gasteiger partial charge < -0.3 is 11.1 Å². The number of aromatic nitrogens is 2. The van der Waals surface area contributed by atoms with Crippen molar-refractivity contribution in [2.75, 3.05) is 11.1 Å². The van der Waals surface area contributed by atoms with Crippen LogP contribution in [-0.4, -0.2) is 15.9 Å². The summed E-state index contributed by atoms with van der Waals surface area (Å²) in [6.45, 7) is 0. The van der Waals surface area contributed by atoms with E-state index in [4.69, 9.17) is 10.7 Å². The van der Waals surface area contributed by atoms with E-state index in [0.29, 0.717) is 29.2 Å². The van der Waals surface area contributed by atoms with Crippen LogP contribution < -0.4 is 11.1 Å². The molecule has 0 aliphatic rings. The minimum absolute atomic E-state index is 0.213. The summed E-state index contributed by atoms with van der Waals surface area (Å²) in [4.78, 5) is 21.9. The third-order valence-corrected chi connectivity index (χ3v) is 4.53. The Kier molecular flexibility index (Phi) is 5.29. The lowest BCUT2D eigenvalue weighted by molar-refractivity contribution is 0.102. The molecular weight excluding hydrogens is 360 g/mol. The Bertz CT molecular complexity index is 1110. The maximum atomic E-state index is 12.6. The molecule has 5 nitrogen and oxygen atoms in total. The van der Waals surface area contributed by atoms with Gasteiger partial charge in [-0.2, -0.15) is 0 Å². The van der Waals surface area contributed by atoms with E-state index >= 15 is 0 Å². The summed E-state index contributed by atoms with van der Waals surface area (Å²) >= 11 is 0. The smallest absolute Gasteiger partial charge is 0.256 e. The van der Waals surface area contributed by atoms with E-state index in [1.165, 1.54) is 0 Å². The standard InChI is InChI=1S/C24H20N4O/c25-20-13-11-18(12-14-20)22-16-26-23(28-24(29)19-9-5-2-6-10-19)21(27-22)15-17-7-3-1-4-8-17/h1-14,16H,15,25H2,(H,26,28,29). The fourth-order valence-electron chi connectivity index (χ4n) is 3.01. The van der Waals surface area contributed by atoms with Crippen molar-refractivity contribution in [3.8, 4) is 11.3 Å². The van der Waals surface area contributed by atoms with Crippen molar-refractivity contribution in [3.05, 3.63) is 108 Å². The zero-order valence-electron chi connectivity index (χ0n) is 15.7. The number of nitrogens with zero attached hydrogens (tertiary/aromatic N) is 2. The van der Waals surface area contributed by atoms with E-state index in [1.807, 2.05) is 72.8 Å². The summed E-state index contributed by atoms with van der Waals surface area (Å²) in [6, 6.07) is 26.5. The fourth-order valence-corrected chi connectivity index (χ4v) is 3.01. The predicted octanol–water partition coefficient (Wildman–Crippen LogP) is 4.57. The molecule has 4 rings (SSSR count). The number of carbonyl (C=O) groups is 1. The Morgan fingerprint density at radius 1 is 0.862 bits per heavy atom. The topological polar surface area (TPSA) is 80.9 Å². The second-order valence-corrected chi connectivity index (χ2v) is 6.66. The maximum Gasteiger partial charge on any atom is 0.256 e. The molecular formula is C24H20N4O. The van der Waals surface area contributed by atoms with Crippen LogP contribution in [0, 0.1) is 0 Å². The van der Waals surface area contributed by atoms with Gasteiger partial charge in [0.2, 0.25) is 0 Å². The molecule has 0 radical (unpaired) electrons. The molecule has 142 valence electrons. The highest BCUT2D eigenvalue weighted by Gasteiger charge is 2.14. The first kappa shape index (κ1) is 18.4. The molecule has 3 aromatic carbocycles. The van der Waals surface area contributed by atoms with Gasteiger partial charge in [0.25, 0.3) is 5.91 Å². The van der Waals surface area contributed by atoms with Gasteiger partial charge in [0.15, 0.2) is 5.82 Å². The molecule has 4 aromatic rings. The van der Waals surface area contributed by atoms with Gasteiger partial charge >= 0.3 is 0 Å². The zero-order valence-corrected chi connectivity index (χ0v) is 15.7. The summed E-state index contributed by atoms with van der Waals surface area (Å²) in [5.41, 5.74) is 10.5. The number of rotatable bonds is 5. The normalized spacial score (nSPS) is 10.5. The second-order valence-electron chi connectivity index (χ2n) is 6.66. The third kappa shape index (κ3) is 4.47. The van der Waals surface area contributed by atoms with Gasteiger partial charge in [0.1, 0.15) is 0 Å². The summed E-state index contributed by atoms with van der Waals surface area (Å²) in [5, 5.41) is 2.90. The van der Waals surface area contributed by atoms with Gasteiger partial charge in [-0.25, -0.2) is 9.97 Å². The van der Waals surface area contributed by atoms with Gasteiger partial charge in [-0.05, 0) is 29.8 Å². The number of nitrogens with one attached hydrogen (secondary N) is 1. The average molecular weight is 380 g/mol. The highest BCUT2D eigenvalue weighted by molar-refractivity contribution is 6.04. The monoisotopic (exact) mass is 380 g/mol. The van der Waals surface area contributed by atoms with Crippen LogP contribution in [0.15, 0.2) is 91.1 Å². The van der Waals surface area contributed by atoms with E-state index < -0.39 is 0 Å². The molecule has 1 heterocycles. The molecule has 0 atom stereocenters. The number of hydrogen-bond donors (Lipinski definition) is 2. The Labute approximate surface area is 169 Å². The summed E-state index contributed by atoms with van der Waals surface area (Å²) in [5.74, 6) is 0.247. The third-order valence-electron chi connectivity index (χ3n) is 4.53. The fraction of sp³-hybridized carbons (Fsp3) is 0.0417. The molecule has 0 bridgehead atoms.